The summed E-state index contributed by atoms with van der Waals surface area (Å²) in [6.45, 7) is 1.85. The van der Waals surface area contributed by atoms with Crippen LogP contribution in [0.4, 0.5) is 4.79 Å². The first-order valence-corrected chi connectivity index (χ1v) is 11.9. The van der Waals surface area contributed by atoms with Crippen molar-refractivity contribution < 1.29 is 14.4 Å². The molecule has 3 aliphatic rings. The van der Waals surface area contributed by atoms with Gasteiger partial charge in [-0.05, 0) is 63.9 Å². The minimum atomic E-state index is -0.303. The van der Waals surface area contributed by atoms with Crippen LogP contribution in [0.25, 0.3) is 0 Å². The Bertz CT molecular complexity index is 870. The Balaban J connectivity index is 1.56. The molecule has 4 atom stereocenters. The van der Waals surface area contributed by atoms with Crippen molar-refractivity contribution in [2.24, 2.45) is 11.8 Å². The fraction of sp³-hybridized carbons (Fsp3) is 0.640. The molecule has 2 aliphatic carbocycles. The van der Waals surface area contributed by atoms with Gasteiger partial charge in [0, 0.05) is 38.5 Å². The highest BCUT2D eigenvalue weighted by atomic mass is 16.2. The molecular weight excluding hydrogens is 404 g/mol. The van der Waals surface area contributed by atoms with Crippen LogP contribution in [0.3, 0.4) is 0 Å². The quantitative estimate of drug-likeness (QED) is 0.762. The first-order chi connectivity index (χ1) is 15.3. The van der Waals surface area contributed by atoms with E-state index in [0.717, 1.165) is 24.8 Å². The lowest BCUT2D eigenvalue weighted by atomic mass is 9.74. The predicted octanol–water partition coefficient (Wildman–Crippen LogP) is 2.46. The summed E-state index contributed by atoms with van der Waals surface area (Å²) in [7, 11) is 5.98. The number of imide groups is 1. The average molecular weight is 441 g/mol. The minimum Gasteiger partial charge on any atom is -0.336 e. The summed E-state index contributed by atoms with van der Waals surface area (Å²) in [6.07, 6.45) is 4.41. The molecule has 2 fully saturated rings. The summed E-state index contributed by atoms with van der Waals surface area (Å²) in [4.78, 5) is 45.0. The molecule has 0 radical (unpaired) electrons. The minimum absolute atomic E-state index is 0.0996. The number of hydrogen-bond donors (Lipinski definition) is 1. The molecule has 7 heteroatoms. The van der Waals surface area contributed by atoms with Crippen LogP contribution in [0, 0.1) is 11.8 Å². The lowest BCUT2D eigenvalue weighted by Crippen LogP contribution is -2.55. The van der Waals surface area contributed by atoms with Gasteiger partial charge < -0.3 is 15.1 Å². The maximum Gasteiger partial charge on any atom is 0.324 e. The number of likely N-dealkylation sites (tertiary alicyclic amines) is 1. The van der Waals surface area contributed by atoms with Gasteiger partial charge in [0.15, 0.2) is 0 Å². The van der Waals surface area contributed by atoms with E-state index in [1.54, 1.807) is 0 Å². The van der Waals surface area contributed by atoms with Crippen LogP contribution in [0.2, 0.25) is 0 Å². The Morgan fingerprint density at radius 3 is 2.72 bits per heavy atom. The normalized spacial score (nSPS) is 27.7. The second kappa shape index (κ2) is 9.71. The van der Waals surface area contributed by atoms with E-state index in [0.29, 0.717) is 50.7 Å². The number of aryl methyl sites for hydroxylation is 1. The van der Waals surface area contributed by atoms with E-state index in [2.05, 4.69) is 23.3 Å². The van der Waals surface area contributed by atoms with Gasteiger partial charge in [0.2, 0.25) is 5.91 Å². The Hall–Kier alpha value is -2.25. The van der Waals surface area contributed by atoms with Crippen LogP contribution < -0.4 is 5.32 Å². The number of urea groups is 1. The van der Waals surface area contributed by atoms with Gasteiger partial charge in [-0.15, -0.1) is 0 Å². The number of ketones is 1. The van der Waals surface area contributed by atoms with Crippen LogP contribution in [-0.2, 0) is 16.0 Å². The largest absolute Gasteiger partial charge is 0.336 e. The summed E-state index contributed by atoms with van der Waals surface area (Å²) < 4.78 is 0. The van der Waals surface area contributed by atoms with E-state index in [9.17, 15) is 14.4 Å². The second-order valence-electron chi connectivity index (χ2n) is 9.98. The van der Waals surface area contributed by atoms with Crippen molar-refractivity contribution in [2.45, 2.75) is 50.6 Å². The number of carbonyl (C=O) groups excluding carboxylic acids is 3. The fourth-order valence-corrected chi connectivity index (χ4v) is 5.86. The molecule has 0 unspecified atom stereocenters. The van der Waals surface area contributed by atoms with Crippen molar-refractivity contribution in [3.8, 4) is 0 Å². The molecule has 1 aliphatic heterocycles. The SMILES string of the molecule is CN(C)CCNC(=O)N(C(=O)[C@@H]1C[C@@H]2CC(=O)CC[C@H]2N(C)C1)[C@H]1CCc2ccccc21. The lowest BCUT2D eigenvalue weighted by molar-refractivity contribution is -0.140. The molecule has 32 heavy (non-hydrogen) atoms. The average Bonchev–Trinajstić information content (AvgIpc) is 3.17. The molecule has 174 valence electrons. The molecule has 1 N–H and O–H groups in total. The molecule has 1 saturated carbocycles. The predicted molar refractivity (Wildman–Crippen MR) is 123 cm³/mol. The third-order valence-electron chi connectivity index (χ3n) is 7.47. The maximum absolute atomic E-state index is 13.9. The number of Topliss-reactive ketones (excluding diaryl/α,β-unsaturated/α-hetero) is 1. The zero-order valence-corrected chi connectivity index (χ0v) is 19.5. The van der Waals surface area contributed by atoms with Crippen LogP contribution in [0.15, 0.2) is 24.3 Å². The van der Waals surface area contributed by atoms with Crippen LogP contribution in [0.1, 0.15) is 49.3 Å². The van der Waals surface area contributed by atoms with Crippen molar-refractivity contribution in [3.05, 3.63) is 35.4 Å². The summed E-state index contributed by atoms with van der Waals surface area (Å²) in [5.74, 6) is 0.145. The molecule has 4 rings (SSSR count). The highest BCUT2D eigenvalue weighted by Crippen LogP contribution is 2.40. The Morgan fingerprint density at radius 2 is 1.94 bits per heavy atom. The second-order valence-corrected chi connectivity index (χ2v) is 9.98. The Kier molecular flexibility index (Phi) is 6.96. The van der Waals surface area contributed by atoms with Gasteiger partial charge in [-0.3, -0.25) is 14.5 Å². The number of fused-ring (bicyclic) bond motifs is 2. The number of amides is 3. The summed E-state index contributed by atoms with van der Waals surface area (Å²) in [5.41, 5.74) is 2.30. The first kappa shape index (κ1) is 22.9. The van der Waals surface area contributed by atoms with Gasteiger partial charge in [-0.25, -0.2) is 4.79 Å². The van der Waals surface area contributed by atoms with Gasteiger partial charge in [0.25, 0.3) is 0 Å². The van der Waals surface area contributed by atoms with Gasteiger partial charge in [-0.1, -0.05) is 24.3 Å². The zero-order valence-electron chi connectivity index (χ0n) is 19.5. The molecule has 1 aromatic rings. The topological polar surface area (TPSA) is 73.0 Å². The highest BCUT2D eigenvalue weighted by molar-refractivity contribution is 5.96. The van der Waals surface area contributed by atoms with E-state index in [1.165, 1.54) is 10.5 Å². The van der Waals surface area contributed by atoms with Crippen molar-refractivity contribution in [3.63, 3.8) is 0 Å². The van der Waals surface area contributed by atoms with Gasteiger partial charge in [-0.2, -0.15) is 0 Å². The third-order valence-corrected chi connectivity index (χ3v) is 7.47. The third kappa shape index (κ3) is 4.74. The number of nitrogens with zero attached hydrogens (tertiary/aromatic N) is 3. The number of benzene rings is 1. The summed E-state index contributed by atoms with van der Waals surface area (Å²) in [6, 6.07) is 7.97. The molecule has 1 aromatic carbocycles. The van der Waals surface area contributed by atoms with E-state index < -0.39 is 0 Å². The smallest absolute Gasteiger partial charge is 0.324 e. The standard InChI is InChI=1S/C25H36N4O3/c1-27(2)13-12-26-25(32)29(23-10-8-17-6-4-5-7-21(17)23)24(31)19-14-18-15-20(30)9-11-22(18)28(3)16-19/h4-7,18-19,22-23H,8-16H2,1-3H3,(H,26,32)/t18-,19-,22-,23+/m1/s1. The van der Waals surface area contributed by atoms with E-state index in [4.69, 9.17) is 0 Å². The van der Waals surface area contributed by atoms with Crippen molar-refractivity contribution in [2.75, 3.05) is 40.8 Å². The Morgan fingerprint density at radius 1 is 1.16 bits per heavy atom. The molecule has 0 spiro atoms. The molecule has 1 saturated heterocycles. The van der Waals surface area contributed by atoms with E-state index in [1.807, 2.05) is 37.2 Å². The molecule has 0 aromatic heterocycles. The highest BCUT2D eigenvalue weighted by Gasteiger charge is 2.44. The number of carbonyl (C=O) groups is 3. The summed E-state index contributed by atoms with van der Waals surface area (Å²) in [5, 5.41) is 2.97. The lowest BCUT2D eigenvalue weighted by Gasteiger charge is -2.45. The Labute approximate surface area is 191 Å². The molecule has 3 amide bonds. The number of nitrogens with one attached hydrogen (secondary N) is 1. The molecule has 7 nitrogen and oxygen atoms in total. The van der Waals surface area contributed by atoms with Gasteiger partial charge >= 0.3 is 6.03 Å². The zero-order chi connectivity index (χ0) is 22.8. The summed E-state index contributed by atoms with van der Waals surface area (Å²) >= 11 is 0. The van der Waals surface area contributed by atoms with Crippen LogP contribution >= 0.6 is 0 Å². The number of piperidine rings is 1. The van der Waals surface area contributed by atoms with Crippen molar-refractivity contribution in [1.29, 1.82) is 0 Å². The van der Waals surface area contributed by atoms with Gasteiger partial charge in [0.1, 0.15) is 5.78 Å². The number of likely N-dealkylation sites (N-methyl/N-ethyl adjacent to an activating group) is 1. The van der Waals surface area contributed by atoms with Crippen molar-refractivity contribution >= 4 is 17.7 Å². The number of hydrogen-bond acceptors (Lipinski definition) is 5. The first-order valence-electron chi connectivity index (χ1n) is 11.9. The monoisotopic (exact) mass is 440 g/mol. The number of rotatable bonds is 5. The molecular formula is C25H36N4O3. The van der Waals surface area contributed by atoms with Crippen LogP contribution in [0.5, 0.6) is 0 Å². The van der Waals surface area contributed by atoms with E-state index in [-0.39, 0.29) is 29.8 Å². The fourth-order valence-electron chi connectivity index (χ4n) is 5.86. The molecule has 0 bridgehead atoms. The van der Waals surface area contributed by atoms with Crippen molar-refractivity contribution in [1.82, 2.24) is 20.0 Å². The van der Waals surface area contributed by atoms with E-state index >= 15 is 0 Å². The van der Waals surface area contributed by atoms with Crippen LogP contribution in [-0.4, -0.2) is 79.2 Å². The van der Waals surface area contributed by atoms with Gasteiger partial charge in [0.05, 0.1) is 12.0 Å². The molecule has 1 heterocycles. The maximum atomic E-state index is 13.9.